The van der Waals surface area contributed by atoms with E-state index >= 15 is 0 Å². The predicted molar refractivity (Wildman–Crippen MR) is 78.9 cm³/mol. The van der Waals surface area contributed by atoms with Crippen LogP contribution in [-0.2, 0) is 0 Å². The zero-order valence-corrected chi connectivity index (χ0v) is 12.7. The molecule has 0 bridgehead atoms. The van der Waals surface area contributed by atoms with Crippen LogP contribution in [0, 0.1) is 0 Å². The van der Waals surface area contributed by atoms with Gasteiger partial charge in [-0.3, -0.25) is 4.79 Å². The smallest absolute Gasteiger partial charge is 0.291 e. The third kappa shape index (κ3) is 3.36. The van der Waals surface area contributed by atoms with Gasteiger partial charge in [0.1, 0.15) is 6.10 Å². The van der Waals surface area contributed by atoms with Gasteiger partial charge in [0.05, 0.1) is 6.54 Å². The van der Waals surface area contributed by atoms with Gasteiger partial charge in [-0.1, -0.05) is 0 Å². The molecule has 1 saturated heterocycles. The quantitative estimate of drug-likeness (QED) is 0.847. The van der Waals surface area contributed by atoms with Crippen molar-refractivity contribution in [2.45, 2.75) is 12.5 Å². The normalized spacial score (nSPS) is 17.8. The molecule has 21 heavy (non-hydrogen) atoms. The van der Waals surface area contributed by atoms with Gasteiger partial charge in [-0.25, -0.2) is 15.0 Å². The molecule has 108 valence electrons. The Balaban J connectivity index is 1.60. The van der Waals surface area contributed by atoms with Crippen LogP contribution in [0.4, 0.5) is 0 Å². The van der Waals surface area contributed by atoms with E-state index in [1.807, 2.05) is 6.07 Å². The van der Waals surface area contributed by atoms with Gasteiger partial charge in [-0.2, -0.15) is 0 Å². The molecule has 0 aliphatic carbocycles. The summed E-state index contributed by atoms with van der Waals surface area (Å²) in [6.07, 6.45) is 5.54. The van der Waals surface area contributed by atoms with E-state index in [-0.39, 0.29) is 17.8 Å². The lowest BCUT2D eigenvalue weighted by Gasteiger charge is -2.16. The minimum atomic E-state index is -0.162. The number of amides is 1. The van der Waals surface area contributed by atoms with E-state index in [0.29, 0.717) is 19.0 Å². The second-order valence-electron chi connectivity index (χ2n) is 4.67. The number of likely N-dealkylation sites (tertiary alicyclic amines) is 1. The summed E-state index contributed by atoms with van der Waals surface area (Å²) in [6, 6.07) is 5.36. The summed E-state index contributed by atoms with van der Waals surface area (Å²) >= 11 is 3.33. The number of nitrogens with zero attached hydrogens (tertiary/aromatic N) is 4. The third-order valence-corrected chi connectivity index (χ3v) is 3.65. The number of hydrogen-bond acceptors (Lipinski definition) is 5. The van der Waals surface area contributed by atoms with Gasteiger partial charge in [-0.15, -0.1) is 0 Å². The molecule has 1 amide bonds. The molecule has 3 rings (SSSR count). The number of halogens is 1. The zero-order valence-electron chi connectivity index (χ0n) is 11.1. The van der Waals surface area contributed by atoms with Crippen LogP contribution >= 0.6 is 15.9 Å². The third-order valence-electron chi connectivity index (χ3n) is 3.18. The van der Waals surface area contributed by atoms with Crippen molar-refractivity contribution in [2.24, 2.45) is 0 Å². The molecule has 3 heterocycles. The Kier molecular flexibility index (Phi) is 4.10. The molecule has 1 aliphatic rings. The lowest BCUT2D eigenvalue weighted by Crippen LogP contribution is -2.32. The van der Waals surface area contributed by atoms with Gasteiger partial charge in [0.15, 0.2) is 0 Å². The van der Waals surface area contributed by atoms with Crippen LogP contribution in [0.15, 0.2) is 41.3 Å². The highest BCUT2D eigenvalue weighted by Crippen LogP contribution is 2.19. The van der Waals surface area contributed by atoms with Gasteiger partial charge in [0.25, 0.3) is 5.91 Å². The van der Waals surface area contributed by atoms with Crippen LogP contribution in [0.3, 0.4) is 0 Å². The fourth-order valence-corrected chi connectivity index (χ4v) is 2.40. The highest BCUT2D eigenvalue weighted by molar-refractivity contribution is 9.10. The van der Waals surface area contributed by atoms with Crippen molar-refractivity contribution in [3.63, 3.8) is 0 Å². The second kappa shape index (κ2) is 6.17. The Morgan fingerprint density at radius 3 is 2.81 bits per heavy atom. The van der Waals surface area contributed by atoms with Crippen LogP contribution in [0.25, 0.3) is 0 Å². The first-order valence-electron chi connectivity index (χ1n) is 6.57. The van der Waals surface area contributed by atoms with E-state index in [9.17, 15) is 4.79 Å². The number of rotatable bonds is 3. The fourth-order valence-electron chi connectivity index (χ4n) is 2.16. The summed E-state index contributed by atoms with van der Waals surface area (Å²) in [6.45, 7) is 1.16. The highest BCUT2D eigenvalue weighted by Gasteiger charge is 2.29. The first-order valence-corrected chi connectivity index (χ1v) is 7.36. The first-order chi connectivity index (χ1) is 10.2. The van der Waals surface area contributed by atoms with Crippen molar-refractivity contribution >= 4 is 21.8 Å². The van der Waals surface area contributed by atoms with E-state index in [1.54, 1.807) is 35.6 Å². The van der Waals surface area contributed by atoms with Gasteiger partial charge in [-0.05, 0) is 28.1 Å². The molecule has 0 radical (unpaired) electrons. The van der Waals surface area contributed by atoms with Gasteiger partial charge in [0.2, 0.25) is 11.7 Å². The molecule has 0 saturated carbocycles. The van der Waals surface area contributed by atoms with Crippen LogP contribution < -0.4 is 4.74 Å². The van der Waals surface area contributed by atoms with E-state index in [4.69, 9.17) is 4.74 Å². The zero-order chi connectivity index (χ0) is 14.7. The predicted octanol–water partition coefficient (Wildman–Crippen LogP) is 1.93. The largest absolute Gasteiger partial charge is 0.472 e. The SMILES string of the molecule is O=C(c1ncccn1)N1CCC(Oc2ccc(Br)cn2)C1. The van der Waals surface area contributed by atoms with Gasteiger partial charge in [0, 0.05) is 42.1 Å². The standard InChI is InChI=1S/C14H13BrN4O2/c15-10-2-3-12(18-8-10)21-11-4-7-19(9-11)14(20)13-16-5-1-6-17-13/h1-3,5-6,8,11H,4,7,9H2. The first kappa shape index (κ1) is 13.9. The van der Waals surface area contributed by atoms with Crippen molar-refractivity contribution < 1.29 is 9.53 Å². The lowest BCUT2D eigenvalue weighted by atomic mass is 10.3. The molecule has 1 fully saturated rings. The Labute approximate surface area is 130 Å². The van der Waals surface area contributed by atoms with Crippen molar-refractivity contribution in [1.82, 2.24) is 19.9 Å². The Morgan fingerprint density at radius 1 is 1.29 bits per heavy atom. The minimum Gasteiger partial charge on any atom is -0.472 e. The summed E-state index contributed by atoms with van der Waals surface area (Å²) in [5, 5.41) is 0. The summed E-state index contributed by atoms with van der Waals surface area (Å²) < 4.78 is 6.68. The Bertz CT molecular complexity index is 621. The van der Waals surface area contributed by atoms with Crippen molar-refractivity contribution in [1.29, 1.82) is 0 Å². The highest BCUT2D eigenvalue weighted by atomic mass is 79.9. The van der Waals surface area contributed by atoms with Crippen LogP contribution in [-0.4, -0.2) is 45.0 Å². The summed E-state index contributed by atoms with van der Waals surface area (Å²) in [4.78, 5) is 26.1. The van der Waals surface area contributed by atoms with Crippen molar-refractivity contribution in [2.75, 3.05) is 13.1 Å². The molecular formula is C14H13BrN4O2. The Morgan fingerprint density at radius 2 is 2.10 bits per heavy atom. The van der Waals surface area contributed by atoms with Crippen LogP contribution in [0.5, 0.6) is 5.88 Å². The van der Waals surface area contributed by atoms with E-state index < -0.39 is 0 Å². The molecule has 2 aromatic rings. The number of ether oxygens (including phenoxy) is 1. The minimum absolute atomic E-state index is 0.0497. The number of carbonyl (C=O) groups excluding carboxylic acids is 1. The summed E-state index contributed by atoms with van der Waals surface area (Å²) in [5.41, 5.74) is 0. The van der Waals surface area contributed by atoms with Crippen molar-refractivity contribution in [3.8, 4) is 5.88 Å². The molecule has 0 aromatic carbocycles. The number of hydrogen-bond donors (Lipinski definition) is 0. The lowest BCUT2D eigenvalue weighted by molar-refractivity contribution is 0.0759. The fraction of sp³-hybridized carbons (Fsp3) is 0.286. The molecular weight excluding hydrogens is 336 g/mol. The topological polar surface area (TPSA) is 68.2 Å². The molecule has 0 N–H and O–H groups in total. The molecule has 1 unspecified atom stereocenters. The van der Waals surface area contributed by atoms with E-state index in [2.05, 4.69) is 30.9 Å². The van der Waals surface area contributed by atoms with Gasteiger partial charge >= 0.3 is 0 Å². The maximum atomic E-state index is 12.2. The van der Waals surface area contributed by atoms with Crippen molar-refractivity contribution in [3.05, 3.63) is 47.1 Å². The van der Waals surface area contributed by atoms with E-state index in [1.165, 1.54) is 0 Å². The molecule has 6 nitrogen and oxygen atoms in total. The number of pyridine rings is 1. The molecule has 1 atom stereocenters. The second-order valence-corrected chi connectivity index (χ2v) is 5.58. The Hall–Kier alpha value is -2.02. The summed E-state index contributed by atoms with van der Waals surface area (Å²) in [7, 11) is 0. The molecule has 2 aromatic heterocycles. The van der Waals surface area contributed by atoms with Crippen LogP contribution in [0.1, 0.15) is 17.0 Å². The van der Waals surface area contributed by atoms with Crippen LogP contribution in [0.2, 0.25) is 0 Å². The van der Waals surface area contributed by atoms with E-state index in [0.717, 1.165) is 10.9 Å². The monoisotopic (exact) mass is 348 g/mol. The molecule has 1 aliphatic heterocycles. The number of carbonyl (C=O) groups is 1. The molecule has 7 heteroatoms. The van der Waals surface area contributed by atoms with Gasteiger partial charge < -0.3 is 9.64 Å². The summed E-state index contributed by atoms with van der Waals surface area (Å²) in [5.74, 6) is 0.624. The average Bonchev–Trinajstić information content (AvgIpc) is 2.98. The average molecular weight is 349 g/mol. The number of aromatic nitrogens is 3. The maximum absolute atomic E-state index is 12.2. The molecule has 0 spiro atoms. The maximum Gasteiger partial charge on any atom is 0.291 e.